The molecule has 1 aromatic heterocycles. The zero-order chi connectivity index (χ0) is 26.7. The Kier molecular flexibility index (Phi) is 5.39. The van der Waals surface area contributed by atoms with Crippen molar-refractivity contribution in [3.63, 3.8) is 0 Å². The molecule has 39 heavy (non-hydrogen) atoms. The Morgan fingerprint density at radius 3 is 2.44 bits per heavy atom. The first kappa shape index (κ1) is 23.7. The van der Waals surface area contributed by atoms with Gasteiger partial charge in [0.15, 0.2) is 11.6 Å². The number of Topliss-reactive ketones (excluding diaryl/α,β-unsaturated/α-hetero) is 2. The summed E-state index contributed by atoms with van der Waals surface area (Å²) in [7, 11) is 0. The molecule has 0 radical (unpaired) electrons. The highest BCUT2D eigenvalue weighted by molar-refractivity contribution is 9.10. The van der Waals surface area contributed by atoms with E-state index >= 15 is 0 Å². The van der Waals surface area contributed by atoms with Crippen LogP contribution in [0.5, 0.6) is 0 Å². The lowest BCUT2D eigenvalue weighted by molar-refractivity contribution is -0.121. The van der Waals surface area contributed by atoms with Gasteiger partial charge in [-0.25, -0.2) is 0 Å². The molecule has 1 saturated heterocycles. The fourth-order valence-electron chi connectivity index (χ4n) is 6.59. The number of amides is 1. The fourth-order valence-corrected chi connectivity index (χ4v) is 6.86. The number of ketones is 2. The average molecular weight is 576 g/mol. The minimum atomic E-state index is -1.33. The van der Waals surface area contributed by atoms with Crippen molar-refractivity contribution in [1.82, 2.24) is 4.98 Å². The van der Waals surface area contributed by atoms with Crippen molar-refractivity contribution in [3.8, 4) is 0 Å². The summed E-state index contributed by atoms with van der Waals surface area (Å²) in [6, 6.07) is 24.3. The summed E-state index contributed by atoms with van der Waals surface area (Å²) in [6.45, 7) is 0. The van der Waals surface area contributed by atoms with Crippen LogP contribution >= 0.6 is 15.9 Å². The van der Waals surface area contributed by atoms with Gasteiger partial charge in [-0.3, -0.25) is 19.4 Å². The number of carbonyl (C=O) groups excluding carboxylic acids is 3. The van der Waals surface area contributed by atoms with Gasteiger partial charge >= 0.3 is 0 Å². The average Bonchev–Trinajstić information content (AvgIpc) is 3.45. The second-order valence-electron chi connectivity index (χ2n) is 10.0. The number of fused-ring (bicyclic) bond motifs is 6. The third-order valence-corrected chi connectivity index (χ3v) is 8.70. The Balaban J connectivity index is 1.54. The van der Waals surface area contributed by atoms with Gasteiger partial charge in [0.1, 0.15) is 11.5 Å². The van der Waals surface area contributed by atoms with Gasteiger partial charge in [0, 0.05) is 39.4 Å². The summed E-state index contributed by atoms with van der Waals surface area (Å²) < 4.78 is 0.835. The number of benzene rings is 3. The van der Waals surface area contributed by atoms with E-state index in [0.29, 0.717) is 16.8 Å². The van der Waals surface area contributed by atoms with Gasteiger partial charge in [-0.05, 0) is 47.5 Å². The van der Waals surface area contributed by atoms with E-state index in [-0.39, 0.29) is 17.5 Å². The predicted octanol–water partition coefficient (Wildman–Crippen LogP) is 5.70. The van der Waals surface area contributed by atoms with Gasteiger partial charge in [-0.15, -0.1) is 0 Å². The summed E-state index contributed by atoms with van der Waals surface area (Å²) in [5.74, 6) is -1.78. The topological polar surface area (TPSA) is 79.4 Å². The number of halogens is 1. The maximum atomic E-state index is 14.7. The summed E-state index contributed by atoms with van der Waals surface area (Å²) in [5.41, 5.74) is 2.65. The van der Waals surface area contributed by atoms with Crippen molar-refractivity contribution in [2.45, 2.75) is 17.5 Å². The lowest BCUT2D eigenvalue weighted by Gasteiger charge is -2.37. The summed E-state index contributed by atoms with van der Waals surface area (Å²) >= 11 is 3.45. The molecule has 4 heterocycles. The molecule has 6 nitrogen and oxygen atoms in total. The quantitative estimate of drug-likeness (QED) is 0.316. The van der Waals surface area contributed by atoms with Crippen LogP contribution < -0.4 is 10.2 Å². The molecule has 1 spiro atoms. The molecule has 3 aliphatic heterocycles. The van der Waals surface area contributed by atoms with Gasteiger partial charge in [0.05, 0.1) is 12.0 Å². The van der Waals surface area contributed by atoms with Crippen LogP contribution in [0, 0.1) is 5.92 Å². The normalized spacial score (nSPS) is 24.2. The number of rotatable bonds is 4. The number of nitrogens with one attached hydrogen (secondary N) is 1. The second-order valence-corrected chi connectivity index (χ2v) is 11.0. The van der Waals surface area contributed by atoms with Crippen LogP contribution in [0.3, 0.4) is 0 Å². The summed E-state index contributed by atoms with van der Waals surface area (Å²) in [4.78, 5) is 49.6. The minimum Gasteiger partial charge on any atom is -0.352 e. The number of aromatic nitrogens is 1. The van der Waals surface area contributed by atoms with E-state index in [1.807, 2.05) is 65.6 Å². The van der Waals surface area contributed by atoms with Crippen molar-refractivity contribution in [2.24, 2.45) is 5.92 Å². The van der Waals surface area contributed by atoms with E-state index in [4.69, 9.17) is 0 Å². The Hall–Kier alpha value is -4.36. The van der Waals surface area contributed by atoms with E-state index in [2.05, 4.69) is 26.2 Å². The Bertz CT molecular complexity index is 1680. The number of pyridine rings is 1. The molecule has 0 saturated carbocycles. The van der Waals surface area contributed by atoms with Gasteiger partial charge in [0.25, 0.3) is 0 Å². The second kappa shape index (κ2) is 8.85. The third kappa shape index (κ3) is 3.32. The number of nitrogens with zero attached hydrogens (tertiary/aromatic N) is 2. The van der Waals surface area contributed by atoms with Gasteiger partial charge in [0.2, 0.25) is 5.91 Å². The van der Waals surface area contributed by atoms with Crippen LogP contribution in [0.2, 0.25) is 0 Å². The molecule has 1 fully saturated rings. The molecule has 0 aliphatic carbocycles. The zero-order valence-electron chi connectivity index (χ0n) is 20.6. The van der Waals surface area contributed by atoms with Crippen molar-refractivity contribution >= 4 is 50.9 Å². The van der Waals surface area contributed by atoms with E-state index < -0.39 is 23.4 Å². The maximum absolute atomic E-state index is 14.7. The number of carbonyl (C=O) groups is 3. The number of hydrogen-bond acceptors (Lipinski definition) is 5. The molecule has 0 unspecified atom stereocenters. The molecule has 7 heteroatoms. The predicted molar refractivity (Wildman–Crippen MR) is 153 cm³/mol. The maximum Gasteiger partial charge on any atom is 0.238 e. The first-order chi connectivity index (χ1) is 19.0. The molecule has 7 rings (SSSR count). The number of anilines is 2. The minimum absolute atomic E-state index is 0.247. The van der Waals surface area contributed by atoms with E-state index in [1.54, 1.807) is 42.6 Å². The van der Waals surface area contributed by atoms with Crippen molar-refractivity contribution < 1.29 is 14.4 Å². The highest BCUT2D eigenvalue weighted by Gasteiger charge is 2.70. The largest absolute Gasteiger partial charge is 0.352 e. The van der Waals surface area contributed by atoms with Crippen LogP contribution in [0.4, 0.5) is 11.4 Å². The Morgan fingerprint density at radius 2 is 1.64 bits per heavy atom. The smallest absolute Gasteiger partial charge is 0.238 e. The molecule has 1 amide bonds. The molecule has 1 N–H and O–H groups in total. The highest BCUT2D eigenvalue weighted by atomic mass is 79.9. The monoisotopic (exact) mass is 575 g/mol. The van der Waals surface area contributed by atoms with E-state index in [1.165, 1.54) is 6.20 Å². The van der Waals surface area contributed by atoms with Gasteiger partial charge < -0.3 is 10.2 Å². The van der Waals surface area contributed by atoms with Crippen LogP contribution in [0.15, 0.2) is 108 Å². The standard InChI is InChI=1S/C32H22BrN3O3/c33-22-14-11-20(12-15-22)29(37)27-28(30(38)21-7-5-17-34-18-21)36-25-10-4-1-6-19(25)13-16-26(36)32(27)23-8-2-3-9-24(23)35-31(32)39/h1-18,26-28H,(H,35,39)/t26-,27+,28-,32-/m0/s1. The lowest BCUT2D eigenvalue weighted by atomic mass is 9.64. The van der Waals surface area contributed by atoms with Crippen LogP contribution in [0.25, 0.3) is 6.08 Å². The van der Waals surface area contributed by atoms with Crippen LogP contribution in [-0.2, 0) is 10.2 Å². The molecular weight excluding hydrogens is 554 g/mol. The Labute approximate surface area is 233 Å². The van der Waals surface area contributed by atoms with Gasteiger partial charge in [-0.1, -0.05) is 76.6 Å². The molecule has 4 aromatic rings. The van der Waals surface area contributed by atoms with Crippen molar-refractivity contribution in [2.75, 3.05) is 10.2 Å². The molecule has 3 aromatic carbocycles. The third-order valence-electron chi connectivity index (χ3n) is 8.17. The summed E-state index contributed by atoms with van der Waals surface area (Å²) in [5, 5.41) is 3.05. The number of hydrogen-bond donors (Lipinski definition) is 1. The number of para-hydroxylation sites is 2. The summed E-state index contributed by atoms with van der Waals surface area (Å²) in [6.07, 6.45) is 7.10. The first-order valence-electron chi connectivity index (χ1n) is 12.7. The first-order valence-corrected chi connectivity index (χ1v) is 13.5. The molecule has 4 atom stereocenters. The molecular formula is C32H22BrN3O3. The zero-order valence-corrected chi connectivity index (χ0v) is 22.2. The van der Waals surface area contributed by atoms with E-state index in [9.17, 15) is 14.4 Å². The molecule has 3 aliphatic rings. The Morgan fingerprint density at radius 1 is 0.872 bits per heavy atom. The molecule has 0 bridgehead atoms. The van der Waals surface area contributed by atoms with Crippen LogP contribution in [-0.4, -0.2) is 34.5 Å². The van der Waals surface area contributed by atoms with Crippen molar-refractivity contribution in [1.29, 1.82) is 0 Å². The SMILES string of the molecule is O=C(c1cccnc1)[C@@H]1[C@H](C(=O)c2ccc(Br)cc2)[C@@]2(C(=O)Nc3ccccc32)[C@@H]2C=Cc3ccccc3N12. The molecule has 190 valence electrons. The lowest BCUT2D eigenvalue weighted by Crippen LogP contribution is -2.51. The van der Waals surface area contributed by atoms with Crippen molar-refractivity contribution in [3.05, 3.63) is 130 Å². The van der Waals surface area contributed by atoms with Crippen LogP contribution in [0.1, 0.15) is 31.8 Å². The highest BCUT2D eigenvalue weighted by Crippen LogP contribution is 2.58. The fraction of sp³-hybridized carbons (Fsp3) is 0.125. The van der Waals surface area contributed by atoms with E-state index in [0.717, 1.165) is 21.3 Å². The van der Waals surface area contributed by atoms with Gasteiger partial charge in [-0.2, -0.15) is 0 Å².